The number of hydrogen-bond acceptors (Lipinski definition) is 2. The standard InChI is InChI=1S/C17H15ClN2O2/c1-17(11-12-5-3-2-4-6-12)15(21)20(16(22)19-17)14-9-7-13(18)8-10-14/h2-10H,11H2,1H3,(H,19,22). The third-order valence-corrected chi connectivity index (χ3v) is 4.00. The topological polar surface area (TPSA) is 49.4 Å². The predicted molar refractivity (Wildman–Crippen MR) is 86.0 cm³/mol. The SMILES string of the molecule is CC1(Cc2ccccc2)NC(=O)N(c2ccc(Cl)cc2)C1=O. The summed E-state index contributed by atoms with van der Waals surface area (Å²) >= 11 is 5.85. The van der Waals surface area contributed by atoms with Gasteiger partial charge < -0.3 is 5.32 Å². The highest BCUT2D eigenvalue weighted by atomic mass is 35.5. The second-order valence-corrected chi connectivity index (χ2v) is 5.98. The molecule has 1 heterocycles. The molecule has 1 fully saturated rings. The van der Waals surface area contributed by atoms with Crippen LogP contribution in [0, 0.1) is 0 Å². The van der Waals surface area contributed by atoms with Crippen LogP contribution in [-0.4, -0.2) is 17.5 Å². The van der Waals surface area contributed by atoms with Crippen LogP contribution in [-0.2, 0) is 11.2 Å². The molecule has 0 radical (unpaired) electrons. The molecule has 22 heavy (non-hydrogen) atoms. The minimum absolute atomic E-state index is 0.260. The maximum Gasteiger partial charge on any atom is 0.329 e. The van der Waals surface area contributed by atoms with Crippen molar-refractivity contribution in [2.45, 2.75) is 18.9 Å². The number of urea groups is 1. The number of hydrogen-bond donors (Lipinski definition) is 1. The molecule has 0 spiro atoms. The maximum absolute atomic E-state index is 12.7. The van der Waals surface area contributed by atoms with E-state index < -0.39 is 11.6 Å². The van der Waals surface area contributed by atoms with Gasteiger partial charge in [-0.3, -0.25) is 4.79 Å². The zero-order valence-electron chi connectivity index (χ0n) is 12.0. The summed E-state index contributed by atoms with van der Waals surface area (Å²) < 4.78 is 0. The van der Waals surface area contributed by atoms with Crippen LogP contribution in [0.4, 0.5) is 10.5 Å². The van der Waals surface area contributed by atoms with Crippen molar-refractivity contribution >= 4 is 29.2 Å². The first-order valence-electron chi connectivity index (χ1n) is 6.96. The number of rotatable bonds is 3. The normalized spacial score (nSPS) is 21.1. The average Bonchev–Trinajstić information content (AvgIpc) is 2.71. The lowest BCUT2D eigenvalue weighted by Gasteiger charge is -2.21. The van der Waals surface area contributed by atoms with E-state index in [0.29, 0.717) is 17.1 Å². The van der Waals surface area contributed by atoms with Gasteiger partial charge in [-0.25, -0.2) is 9.69 Å². The van der Waals surface area contributed by atoms with Crippen LogP contribution in [0.15, 0.2) is 54.6 Å². The fraction of sp³-hybridized carbons (Fsp3) is 0.176. The fourth-order valence-corrected chi connectivity index (χ4v) is 2.76. The lowest BCUT2D eigenvalue weighted by molar-refractivity contribution is -0.121. The highest BCUT2D eigenvalue weighted by Gasteiger charge is 2.48. The molecule has 4 nitrogen and oxygen atoms in total. The first kappa shape index (κ1) is 14.6. The summed E-state index contributed by atoms with van der Waals surface area (Å²) in [4.78, 5) is 26.1. The van der Waals surface area contributed by atoms with E-state index in [1.54, 1.807) is 31.2 Å². The van der Waals surface area contributed by atoms with Gasteiger partial charge in [-0.2, -0.15) is 0 Å². The second kappa shape index (κ2) is 5.46. The summed E-state index contributed by atoms with van der Waals surface area (Å²) in [5.74, 6) is -0.260. The van der Waals surface area contributed by atoms with Crippen molar-refractivity contribution in [1.29, 1.82) is 0 Å². The van der Waals surface area contributed by atoms with Crippen molar-refractivity contribution < 1.29 is 9.59 Å². The molecular weight excluding hydrogens is 300 g/mol. The van der Waals surface area contributed by atoms with Gasteiger partial charge in [0.1, 0.15) is 5.54 Å². The van der Waals surface area contributed by atoms with Crippen LogP contribution in [0.1, 0.15) is 12.5 Å². The van der Waals surface area contributed by atoms with E-state index in [1.165, 1.54) is 4.90 Å². The summed E-state index contributed by atoms with van der Waals surface area (Å²) in [5, 5.41) is 3.35. The Morgan fingerprint density at radius 1 is 1.05 bits per heavy atom. The molecule has 2 aromatic carbocycles. The van der Waals surface area contributed by atoms with E-state index in [4.69, 9.17) is 11.6 Å². The average molecular weight is 315 g/mol. The molecule has 5 heteroatoms. The van der Waals surface area contributed by atoms with Gasteiger partial charge in [-0.05, 0) is 36.8 Å². The van der Waals surface area contributed by atoms with Crippen LogP contribution in [0.2, 0.25) is 5.02 Å². The number of carbonyl (C=O) groups is 2. The number of imide groups is 1. The number of carbonyl (C=O) groups excluding carboxylic acids is 2. The van der Waals surface area contributed by atoms with Crippen LogP contribution in [0.3, 0.4) is 0 Å². The van der Waals surface area contributed by atoms with Gasteiger partial charge in [-0.15, -0.1) is 0 Å². The molecular formula is C17H15ClN2O2. The molecule has 112 valence electrons. The molecule has 1 aliphatic rings. The highest BCUT2D eigenvalue weighted by Crippen LogP contribution is 2.28. The summed E-state index contributed by atoms with van der Waals surface area (Å²) in [7, 11) is 0. The molecule has 0 bridgehead atoms. The van der Waals surface area contributed by atoms with Crippen molar-refractivity contribution in [2.75, 3.05) is 4.90 Å². The summed E-state index contributed by atoms with van der Waals surface area (Å²) in [5.41, 5.74) is 0.568. The van der Waals surface area contributed by atoms with Gasteiger partial charge in [0.15, 0.2) is 0 Å². The van der Waals surface area contributed by atoms with Crippen molar-refractivity contribution in [3.05, 3.63) is 65.2 Å². The molecule has 1 unspecified atom stereocenters. The molecule has 1 saturated heterocycles. The number of nitrogens with zero attached hydrogens (tertiary/aromatic N) is 1. The Balaban J connectivity index is 1.89. The summed E-state index contributed by atoms with van der Waals surface area (Å²) in [6.07, 6.45) is 0.447. The van der Waals surface area contributed by atoms with E-state index in [9.17, 15) is 9.59 Å². The minimum atomic E-state index is -0.946. The summed E-state index contributed by atoms with van der Waals surface area (Å²) in [6.45, 7) is 1.75. The Morgan fingerprint density at radius 3 is 2.32 bits per heavy atom. The van der Waals surface area contributed by atoms with Crippen molar-refractivity contribution in [1.82, 2.24) is 5.32 Å². The van der Waals surface area contributed by atoms with Gasteiger partial charge in [0.25, 0.3) is 5.91 Å². The number of nitrogens with one attached hydrogen (secondary N) is 1. The van der Waals surface area contributed by atoms with E-state index >= 15 is 0 Å². The maximum atomic E-state index is 12.7. The van der Waals surface area contributed by atoms with E-state index in [2.05, 4.69) is 5.32 Å². The number of anilines is 1. The second-order valence-electron chi connectivity index (χ2n) is 5.54. The van der Waals surface area contributed by atoms with E-state index in [-0.39, 0.29) is 5.91 Å². The van der Waals surface area contributed by atoms with E-state index in [0.717, 1.165) is 5.56 Å². The smallest absolute Gasteiger partial charge is 0.323 e. The molecule has 0 aliphatic carbocycles. The van der Waals surface area contributed by atoms with Crippen LogP contribution in [0.25, 0.3) is 0 Å². The van der Waals surface area contributed by atoms with Crippen molar-refractivity contribution in [2.24, 2.45) is 0 Å². The number of benzene rings is 2. The lowest BCUT2D eigenvalue weighted by Crippen LogP contribution is -2.46. The molecule has 2 aromatic rings. The first-order valence-corrected chi connectivity index (χ1v) is 7.34. The minimum Gasteiger partial charge on any atom is -0.323 e. The van der Waals surface area contributed by atoms with Gasteiger partial charge >= 0.3 is 6.03 Å². The molecule has 1 aliphatic heterocycles. The molecule has 3 amide bonds. The molecule has 0 saturated carbocycles. The lowest BCUT2D eigenvalue weighted by atomic mass is 9.93. The Morgan fingerprint density at radius 2 is 1.68 bits per heavy atom. The Hall–Kier alpha value is -2.33. The number of halogens is 1. The third kappa shape index (κ3) is 2.57. The van der Waals surface area contributed by atoms with Gasteiger partial charge in [0.2, 0.25) is 0 Å². The number of amides is 3. The van der Waals surface area contributed by atoms with E-state index in [1.807, 2.05) is 30.3 Å². The zero-order valence-corrected chi connectivity index (χ0v) is 12.8. The largest absolute Gasteiger partial charge is 0.329 e. The predicted octanol–water partition coefficient (Wildman–Crippen LogP) is 3.40. The van der Waals surface area contributed by atoms with Gasteiger partial charge in [-0.1, -0.05) is 41.9 Å². The Bertz CT molecular complexity index is 715. The molecule has 1 atom stereocenters. The third-order valence-electron chi connectivity index (χ3n) is 3.75. The zero-order chi connectivity index (χ0) is 15.7. The fourth-order valence-electron chi connectivity index (χ4n) is 2.63. The molecule has 3 rings (SSSR count). The monoisotopic (exact) mass is 314 g/mol. The van der Waals surface area contributed by atoms with Gasteiger partial charge in [0.05, 0.1) is 5.69 Å². The van der Waals surface area contributed by atoms with Gasteiger partial charge in [0, 0.05) is 11.4 Å². The summed E-state index contributed by atoms with van der Waals surface area (Å²) in [6, 6.07) is 15.8. The quantitative estimate of drug-likeness (QED) is 0.883. The Labute approximate surface area is 133 Å². The van der Waals surface area contributed by atoms with Crippen LogP contribution >= 0.6 is 11.6 Å². The van der Waals surface area contributed by atoms with Crippen molar-refractivity contribution in [3.63, 3.8) is 0 Å². The first-order chi connectivity index (χ1) is 10.5. The van der Waals surface area contributed by atoms with Crippen LogP contribution < -0.4 is 10.2 Å². The molecule has 0 aromatic heterocycles. The molecule has 1 N–H and O–H groups in total. The van der Waals surface area contributed by atoms with Crippen LogP contribution in [0.5, 0.6) is 0 Å². The highest BCUT2D eigenvalue weighted by molar-refractivity contribution is 6.30. The Kier molecular flexibility index (Phi) is 3.62. The van der Waals surface area contributed by atoms with Crippen molar-refractivity contribution in [3.8, 4) is 0 Å².